The van der Waals surface area contributed by atoms with Crippen molar-refractivity contribution >= 4 is 27.6 Å². The summed E-state index contributed by atoms with van der Waals surface area (Å²) in [4.78, 5) is 21.0. The van der Waals surface area contributed by atoms with E-state index in [9.17, 15) is 28.6 Å². The molecule has 0 saturated carbocycles. The van der Waals surface area contributed by atoms with Crippen LogP contribution in [0.3, 0.4) is 0 Å². The summed E-state index contributed by atoms with van der Waals surface area (Å²) in [6, 6.07) is 4.67. The topological polar surface area (TPSA) is 58.1 Å². The van der Waals surface area contributed by atoms with E-state index in [1.807, 2.05) is 4.90 Å². The van der Waals surface area contributed by atoms with Gasteiger partial charge in [0, 0.05) is 42.3 Å². The summed E-state index contributed by atoms with van der Waals surface area (Å²) < 4.78 is 78.3. The van der Waals surface area contributed by atoms with Gasteiger partial charge in [-0.3, -0.25) is 9.78 Å². The molecule has 1 amide bonds. The highest BCUT2D eigenvalue weighted by Gasteiger charge is 2.65. The van der Waals surface area contributed by atoms with Crippen LogP contribution in [0.5, 0.6) is 0 Å². The van der Waals surface area contributed by atoms with Gasteiger partial charge in [-0.15, -0.1) is 0 Å². The Hall–Kier alpha value is -3.28. The first-order valence-corrected chi connectivity index (χ1v) is 12.2. The Morgan fingerprint density at radius 2 is 1.76 bits per heavy atom. The van der Waals surface area contributed by atoms with Gasteiger partial charge in [0.2, 0.25) is 0 Å². The number of halogens is 6. The minimum absolute atomic E-state index is 0.0482. The average molecular weight is 502 g/mol. The van der Waals surface area contributed by atoms with Crippen LogP contribution >= 0.6 is 10.2 Å². The van der Waals surface area contributed by atoms with E-state index in [1.54, 1.807) is 0 Å². The standard InChI is InChI=1S/C22H20F6N4OS/c1-14-6-7-32(13-14)21-20(15-8-17(23)12-29-10-15)9-16(11-30-21)22(33)31-18-2-4-19(5-3-18)34(24,25,26,27)28/h2-5,8-12,14H,6-7,13H2,1H3,(H,31,33)/t14-/m1/s1. The maximum atomic E-state index is 13.8. The van der Waals surface area contributed by atoms with Crippen LogP contribution in [0, 0.1) is 11.7 Å². The largest absolute Gasteiger partial charge is 0.356 e. The molecule has 1 saturated heterocycles. The van der Waals surface area contributed by atoms with Crippen LogP contribution in [0.15, 0.2) is 59.9 Å². The van der Waals surface area contributed by atoms with Crippen LogP contribution in [-0.4, -0.2) is 29.0 Å². The molecule has 0 spiro atoms. The third-order valence-corrected chi connectivity index (χ3v) is 6.59. The lowest BCUT2D eigenvalue weighted by Gasteiger charge is -2.40. The van der Waals surface area contributed by atoms with Crippen molar-refractivity contribution in [1.29, 1.82) is 0 Å². The molecule has 3 aromatic rings. The highest BCUT2D eigenvalue weighted by atomic mass is 32.5. The third kappa shape index (κ3) is 5.27. The van der Waals surface area contributed by atoms with Crippen molar-refractivity contribution in [2.75, 3.05) is 23.3 Å². The molecular formula is C22H20F6N4OS. The highest BCUT2D eigenvalue weighted by molar-refractivity contribution is 8.45. The number of nitrogens with one attached hydrogen (secondary N) is 1. The molecule has 0 radical (unpaired) electrons. The van der Waals surface area contributed by atoms with Gasteiger partial charge in [0.05, 0.1) is 11.8 Å². The van der Waals surface area contributed by atoms with Gasteiger partial charge in [-0.2, -0.15) is 0 Å². The molecule has 34 heavy (non-hydrogen) atoms. The molecule has 1 atom stereocenters. The number of hydrogen-bond donors (Lipinski definition) is 1. The molecule has 1 fully saturated rings. The van der Waals surface area contributed by atoms with Crippen molar-refractivity contribution in [3.05, 3.63) is 66.4 Å². The van der Waals surface area contributed by atoms with Crippen LogP contribution in [-0.2, 0) is 0 Å². The summed E-state index contributed by atoms with van der Waals surface area (Å²) in [5.41, 5.74) is 0.802. The lowest BCUT2D eigenvalue weighted by molar-refractivity contribution is 0.102. The van der Waals surface area contributed by atoms with Crippen LogP contribution in [0.4, 0.5) is 35.3 Å². The summed E-state index contributed by atoms with van der Waals surface area (Å²) in [6.45, 7) is 3.55. The second-order valence-electron chi connectivity index (χ2n) is 8.27. The van der Waals surface area contributed by atoms with Crippen LogP contribution in [0.25, 0.3) is 11.1 Å². The highest BCUT2D eigenvalue weighted by Crippen LogP contribution is 3.02. The molecule has 1 aliphatic heterocycles. The number of amides is 1. The van der Waals surface area contributed by atoms with E-state index in [0.717, 1.165) is 37.8 Å². The first kappa shape index (κ1) is 23.9. The molecule has 0 unspecified atom stereocenters. The van der Waals surface area contributed by atoms with Crippen molar-refractivity contribution < 1.29 is 28.6 Å². The van der Waals surface area contributed by atoms with Crippen molar-refractivity contribution in [3.8, 4) is 11.1 Å². The Morgan fingerprint density at radius 1 is 1.06 bits per heavy atom. The van der Waals surface area contributed by atoms with E-state index >= 15 is 0 Å². The van der Waals surface area contributed by atoms with Crippen molar-refractivity contribution in [2.45, 2.75) is 18.2 Å². The van der Waals surface area contributed by atoms with Crippen LogP contribution in [0.1, 0.15) is 23.7 Å². The Morgan fingerprint density at radius 3 is 2.35 bits per heavy atom. The van der Waals surface area contributed by atoms with Gasteiger partial charge in [-0.25, -0.2) is 9.37 Å². The normalized spacial score (nSPS) is 18.3. The number of hydrogen-bond acceptors (Lipinski definition) is 4. The number of aromatic nitrogens is 2. The fourth-order valence-corrected chi connectivity index (χ4v) is 4.38. The quantitative estimate of drug-likeness (QED) is 0.380. The summed E-state index contributed by atoms with van der Waals surface area (Å²) in [7, 11) is -9.81. The first-order chi connectivity index (χ1) is 15.7. The fraction of sp³-hybridized carbons (Fsp3) is 0.227. The molecule has 2 aromatic heterocycles. The number of pyridine rings is 2. The SMILES string of the molecule is C[C@@H]1CCN(c2ncc(C(=O)Nc3ccc(S(F)(F)(F)(F)F)cc3)cc2-c2cncc(F)c2)C1. The van der Waals surface area contributed by atoms with Gasteiger partial charge >= 0.3 is 10.2 Å². The number of nitrogens with zero attached hydrogens (tertiary/aromatic N) is 3. The van der Waals surface area contributed by atoms with E-state index in [2.05, 4.69) is 22.2 Å². The van der Waals surface area contributed by atoms with Crippen molar-refractivity contribution in [1.82, 2.24) is 9.97 Å². The Balaban J connectivity index is 1.64. The van der Waals surface area contributed by atoms with E-state index in [4.69, 9.17) is 0 Å². The number of rotatable bonds is 5. The predicted molar refractivity (Wildman–Crippen MR) is 119 cm³/mol. The Bertz CT molecular complexity index is 1250. The number of benzene rings is 1. The summed E-state index contributed by atoms with van der Waals surface area (Å²) in [5, 5.41) is 2.37. The zero-order valence-corrected chi connectivity index (χ0v) is 18.6. The number of carbonyl (C=O) groups is 1. The second-order valence-corrected chi connectivity index (χ2v) is 10.7. The maximum absolute atomic E-state index is 13.8. The number of carbonyl (C=O) groups excluding carboxylic acids is 1. The molecule has 1 N–H and O–H groups in total. The average Bonchev–Trinajstić information content (AvgIpc) is 3.18. The minimum Gasteiger partial charge on any atom is -0.356 e. The number of anilines is 2. The van der Waals surface area contributed by atoms with Gasteiger partial charge < -0.3 is 10.2 Å². The maximum Gasteiger partial charge on any atom is 0.310 e. The predicted octanol–water partition coefficient (Wildman–Crippen LogP) is 7.04. The van der Waals surface area contributed by atoms with Gasteiger partial charge in [0.1, 0.15) is 16.5 Å². The summed E-state index contributed by atoms with van der Waals surface area (Å²) >= 11 is 0. The van der Waals surface area contributed by atoms with E-state index < -0.39 is 26.8 Å². The second kappa shape index (κ2) is 7.62. The minimum atomic E-state index is -9.81. The summed E-state index contributed by atoms with van der Waals surface area (Å²) in [6.07, 6.45) is 4.72. The smallest absolute Gasteiger partial charge is 0.310 e. The molecule has 0 bridgehead atoms. The zero-order chi connectivity index (χ0) is 24.8. The molecule has 0 aliphatic carbocycles. The molecule has 1 aromatic carbocycles. The molecule has 5 nitrogen and oxygen atoms in total. The van der Waals surface area contributed by atoms with E-state index in [1.165, 1.54) is 24.5 Å². The van der Waals surface area contributed by atoms with Crippen LogP contribution in [0.2, 0.25) is 0 Å². The van der Waals surface area contributed by atoms with E-state index in [0.29, 0.717) is 22.9 Å². The fourth-order valence-electron chi connectivity index (χ4n) is 3.73. The Labute approximate surface area is 191 Å². The van der Waals surface area contributed by atoms with Gasteiger partial charge in [0.15, 0.2) is 0 Å². The molecule has 182 valence electrons. The monoisotopic (exact) mass is 502 g/mol. The molecule has 4 rings (SSSR count). The first-order valence-electron chi connectivity index (χ1n) is 10.2. The summed E-state index contributed by atoms with van der Waals surface area (Å²) in [5.74, 6) is -0.317. The third-order valence-electron chi connectivity index (χ3n) is 5.43. The van der Waals surface area contributed by atoms with E-state index in [-0.39, 0.29) is 23.4 Å². The zero-order valence-electron chi connectivity index (χ0n) is 17.8. The lowest BCUT2D eigenvalue weighted by atomic mass is 10.1. The molecular weight excluding hydrogens is 482 g/mol. The van der Waals surface area contributed by atoms with Crippen LogP contribution < -0.4 is 10.2 Å². The van der Waals surface area contributed by atoms with Gasteiger partial charge in [-0.1, -0.05) is 26.4 Å². The molecule has 12 heteroatoms. The van der Waals surface area contributed by atoms with Crippen molar-refractivity contribution in [2.24, 2.45) is 5.92 Å². The van der Waals surface area contributed by atoms with Gasteiger partial charge in [-0.05, 0) is 48.7 Å². The van der Waals surface area contributed by atoms with Crippen molar-refractivity contribution in [3.63, 3.8) is 0 Å². The molecule has 3 heterocycles. The Kier molecular flexibility index (Phi) is 5.35. The lowest BCUT2D eigenvalue weighted by Crippen LogP contribution is -2.22. The van der Waals surface area contributed by atoms with Gasteiger partial charge in [0.25, 0.3) is 5.91 Å². The molecule has 1 aliphatic rings.